The molecule has 5 heteroatoms. The van der Waals surface area contributed by atoms with Crippen molar-refractivity contribution in [2.75, 3.05) is 18.5 Å². The van der Waals surface area contributed by atoms with Crippen LogP contribution in [0.3, 0.4) is 0 Å². The molecule has 112 valence electrons. The Bertz CT molecular complexity index is 426. The van der Waals surface area contributed by atoms with Gasteiger partial charge in [-0.05, 0) is 52.5 Å². The lowest BCUT2D eigenvalue weighted by Gasteiger charge is -2.35. The molecule has 1 heterocycles. The fraction of sp³-hybridized carbons (Fsp3) is 0.800. The molecule has 0 saturated heterocycles. The highest BCUT2D eigenvalue weighted by Gasteiger charge is 2.25. The highest BCUT2D eigenvalue weighted by atomic mass is 15.3. The van der Waals surface area contributed by atoms with Crippen LogP contribution in [0.4, 0.5) is 5.95 Å². The summed E-state index contributed by atoms with van der Waals surface area (Å²) in [6.07, 6.45) is 6.10. The van der Waals surface area contributed by atoms with Crippen molar-refractivity contribution in [1.29, 1.82) is 0 Å². The average molecular weight is 277 g/mol. The largest absolute Gasteiger partial charge is 0.340 e. The Labute approximate surface area is 122 Å². The van der Waals surface area contributed by atoms with Gasteiger partial charge in [0.2, 0.25) is 5.95 Å². The predicted octanol–water partition coefficient (Wildman–Crippen LogP) is 2.24. The fourth-order valence-electron chi connectivity index (χ4n) is 2.77. The molecule has 1 aromatic heterocycles. The molecule has 0 spiro atoms. The topological polar surface area (TPSA) is 53.9 Å². The van der Waals surface area contributed by atoms with Gasteiger partial charge in [0.05, 0.1) is 11.4 Å². The van der Waals surface area contributed by atoms with Crippen LogP contribution in [0.1, 0.15) is 50.4 Å². The van der Waals surface area contributed by atoms with E-state index < -0.39 is 0 Å². The zero-order valence-corrected chi connectivity index (χ0v) is 13.2. The third kappa shape index (κ3) is 3.66. The molecular weight excluding hydrogens is 250 g/mol. The summed E-state index contributed by atoms with van der Waals surface area (Å²) in [6, 6.07) is 1.23. The van der Waals surface area contributed by atoms with E-state index in [2.05, 4.69) is 39.4 Å². The number of aromatic nitrogens is 3. The molecule has 0 amide bonds. The molecule has 2 rings (SSSR count). The molecule has 1 saturated carbocycles. The van der Waals surface area contributed by atoms with E-state index in [1.165, 1.54) is 32.1 Å². The number of hydrogen-bond acceptors (Lipinski definition) is 5. The number of nitrogens with zero attached hydrogens (tertiary/aromatic N) is 4. The number of hydrogen-bond donors (Lipinski definition) is 1. The molecule has 5 nitrogen and oxygen atoms in total. The minimum Gasteiger partial charge on any atom is -0.340 e. The second kappa shape index (κ2) is 6.97. The van der Waals surface area contributed by atoms with Gasteiger partial charge in [-0.25, -0.2) is 4.98 Å². The summed E-state index contributed by atoms with van der Waals surface area (Å²) in [5.41, 5.74) is 1.88. The van der Waals surface area contributed by atoms with Gasteiger partial charge in [0, 0.05) is 19.1 Å². The molecule has 0 aliphatic heterocycles. The molecule has 1 aromatic rings. The van der Waals surface area contributed by atoms with Crippen LogP contribution < -0.4 is 10.2 Å². The molecule has 0 bridgehead atoms. The third-order valence-electron chi connectivity index (χ3n) is 4.32. The monoisotopic (exact) mass is 277 g/mol. The summed E-state index contributed by atoms with van der Waals surface area (Å²) in [5.74, 6) is 0.762. The van der Waals surface area contributed by atoms with Crippen LogP contribution in [0, 0.1) is 13.8 Å². The second-order valence-corrected chi connectivity index (χ2v) is 5.85. The Hall–Kier alpha value is -1.23. The Morgan fingerprint density at radius 2 is 1.80 bits per heavy atom. The lowest BCUT2D eigenvalue weighted by Crippen LogP contribution is -2.41. The van der Waals surface area contributed by atoms with Gasteiger partial charge in [-0.15, -0.1) is 5.10 Å². The van der Waals surface area contributed by atoms with Gasteiger partial charge in [-0.2, -0.15) is 5.10 Å². The minimum absolute atomic E-state index is 0.540. The van der Waals surface area contributed by atoms with Gasteiger partial charge in [0.15, 0.2) is 0 Å². The van der Waals surface area contributed by atoms with E-state index in [1.54, 1.807) is 0 Å². The van der Waals surface area contributed by atoms with E-state index in [9.17, 15) is 0 Å². The highest BCUT2D eigenvalue weighted by Crippen LogP contribution is 2.24. The van der Waals surface area contributed by atoms with Crippen LogP contribution in [-0.4, -0.2) is 40.9 Å². The number of aryl methyl sites for hydroxylation is 2. The van der Waals surface area contributed by atoms with E-state index in [0.717, 1.165) is 23.9 Å². The first-order chi connectivity index (χ1) is 9.61. The molecule has 0 unspecified atom stereocenters. The van der Waals surface area contributed by atoms with Crippen molar-refractivity contribution in [3.63, 3.8) is 0 Å². The van der Waals surface area contributed by atoms with Gasteiger partial charge < -0.3 is 10.2 Å². The number of nitrogens with one attached hydrogen (secondary N) is 1. The van der Waals surface area contributed by atoms with E-state index in [4.69, 9.17) is 0 Å². The third-order valence-corrected chi connectivity index (χ3v) is 4.32. The summed E-state index contributed by atoms with van der Waals surface area (Å²) in [6.45, 7) is 7.29. The zero-order valence-electron chi connectivity index (χ0n) is 13.2. The van der Waals surface area contributed by atoms with Crippen molar-refractivity contribution in [1.82, 2.24) is 20.5 Å². The summed E-state index contributed by atoms with van der Waals surface area (Å²) in [4.78, 5) is 6.76. The van der Waals surface area contributed by atoms with Gasteiger partial charge in [-0.1, -0.05) is 6.92 Å². The van der Waals surface area contributed by atoms with Crippen LogP contribution >= 0.6 is 0 Å². The molecule has 1 N–H and O–H groups in total. The smallest absolute Gasteiger partial charge is 0.245 e. The normalized spacial score (nSPS) is 22.8. The van der Waals surface area contributed by atoms with E-state index in [1.807, 2.05) is 13.8 Å². The Kier molecular flexibility index (Phi) is 5.29. The SMILES string of the molecule is CCCNC1CCC(N(C)c2nnc(C)c(C)n2)CC1. The van der Waals surface area contributed by atoms with Crippen LogP contribution in [0.2, 0.25) is 0 Å². The molecule has 1 aliphatic rings. The van der Waals surface area contributed by atoms with Gasteiger partial charge >= 0.3 is 0 Å². The summed E-state index contributed by atoms with van der Waals surface area (Å²) in [5, 5.41) is 12.0. The summed E-state index contributed by atoms with van der Waals surface area (Å²) in [7, 11) is 2.09. The molecule has 1 aliphatic carbocycles. The van der Waals surface area contributed by atoms with E-state index in [0.29, 0.717) is 12.1 Å². The maximum atomic E-state index is 4.55. The van der Waals surface area contributed by atoms with E-state index in [-0.39, 0.29) is 0 Å². The van der Waals surface area contributed by atoms with Crippen molar-refractivity contribution >= 4 is 5.95 Å². The Morgan fingerprint density at radius 3 is 2.40 bits per heavy atom. The quantitative estimate of drug-likeness (QED) is 0.894. The zero-order chi connectivity index (χ0) is 14.5. The second-order valence-electron chi connectivity index (χ2n) is 5.85. The molecule has 1 fully saturated rings. The van der Waals surface area contributed by atoms with Crippen molar-refractivity contribution in [3.05, 3.63) is 11.4 Å². The van der Waals surface area contributed by atoms with Crippen LogP contribution in [0.5, 0.6) is 0 Å². The van der Waals surface area contributed by atoms with Crippen molar-refractivity contribution in [2.45, 2.75) is 65.0 Å². The molecule has 0 aromatic carbocycles. The Morgan fingerprint density at radius 1 is 1.10 bits per heavy atom. The first kappa shape index (κ1) is 15.2. The summed E-state index contributed by atoms with van der Waals surface area (Å²) >= 11 is 0. The van der Waals surface area contributed by atoms with Crippen molar-refractivity contribution in [2.24, 2.45) is 0 Å². The van der Waals surface area contributed by atoms with Crippen molar-refractivity contribution in [3.8, 4) is 0 Å². The number of rotatable bonds is 5. The van der Waals surface area contributed by atoms with E-state index >= 15 is 0 Å². The molecular formula is C15H27N5. The Balaban J connectivity index is 1.91. The van der Waals surface area contributed by atoms with Gasteiger partial charge in [0.1, 0.15) is 0 Å². The number of anilines is 1. The fourth-order valence-corrected chi connectivity index (χ4v) is 2.77. The lowest BCUT2D eigenvalue weighted by atomic mass is 9.90. The first-order valence-corrected chi connectivity index (χ1v) is 7.76. The maximum Gasteiger partial charge on any atom is 0.245 e. The van der Waals surface area contributed by atoms with Gasteiger partial charge in [-0.3, -0.25) is 0 Å². The van der Waals surface area contributed by atoms with Crippen LogP contribution in [-0.2, 0) is 0 Å². The first-order valence-electron chi connectivity index (χ1n) is 7.76. The van der Waals surface area contributed by atoms with Crippen LogP contribution in [0.15, 0.2) is 0 Å². The minimum atomic E-state index is 0.540. The summed E-state index contributed by atoms with van der Waals surface area (Å²) < 4.78 is 0. The lowest BCUT2D eigenvalue weighted by molar-refractivity contribution is 0.335. The highest BCUT2D eigenvalue weighted by molar-refractivity contribution is 5.30. The molecule has 0 atom stereocenters. The van der Waals surface area contributed by atoms with Crippen molar-refractivity contribution < 1.29 is 0 Å². The average Bonchev–Trinajstić information content (AvgIpc) is 2.48. The van der Waals surface area contributed by atoms with Gasteiger partial charge in [0.25, 0.3) is 0 Å². The maximum absolute atomic E-state index is 4.55. The molecule has 0 radical (unpaired) electrons. The predicted molar refractivity (Wildman–Crippen MR) is 82.0 cm³/mol. The van der Waals surface area contributed by atoms with Crippen LogP contribution in [0.25, 0.3) is 0 Å². The molecule has 20 heavy (non-hydrogen) atoms. The standard InChI is InChI=1S/C15H27N5/c1-5-10-16-13-6-8-14(9-7-13)20(4)15-17-11(2)12(3)18-19-15/h13-14,16H,5-10H2,1-4H3.